The van der Waals surface area contributed by atoms with Crippen molar-refractivity contribution >= 4 is 29.9 Å². The Morgan fingerprint density at radius 1 is 1.19 bits per heavy atom. The van der Waals surface area contributed by atoms with Crippen LogP contribution < -0.4 is 10.1 Å². The number of ether oxygens (including phenoxy) is 3. The smallest absolute Gasteiger partial charge is 0.194 e. The van der Waals surface area contributed by atoms with E-state index in [0.29, 0.717) is 25.7 Å². The number of hydrogen-bond donors (Lipinski definition) is 1. The Kier molecular flexibility index (Phi) is 11.8. The van der Waals surface area contributed by atoms with Crippen LogP contribution in [0.15, 0.2) is 52.1 Å². The number of likely N-dealkylation sites (tertiary alicyclic amines) is 1. The van der Waals surface area contributed by atoms with E-state index in [1.165, 1.54) is 0 Å². The predicted octanol–water partition coefficient (Wildman–Crippen LogP) is 3.58. The number of nitrogens with zero attached hydrogens (tertiary/aromatic N) is 2. The van der Waals surface area contributed by atoms with Crippen LogP contribution in [0.4, 0.5) is 0 Å². The highest BCUT2D eigenvalue weighted by Crippen LogP contribution is 2.18. The third kappa shape index (κ3) is 8.70. The molecule has 2 aromatic rings. The molecule has 1 aromatic heterocycles. The number of furan rings is 1. The van der Waals surface area contributed by atoms with Gasteiger partial charge < -0.3 is 28.8 Å². The Balaban J connectivity index is 0.00000341. The average Bonchev–Trinajstić information content (AvgIpc) is 3.46. The number of guanidine groups is 1. The molecule has 8 heteroatoms. The van der Waals surface area contributed by atoms with Crippen molar-refractivity contribution in [2.75, 3.05) is 53.7 Å². The van der Waals surface area contributed by atoms with Crippen molar-refractivity contribution in [3.8, 4) is 5.75 Å². The van der Waals surface area contributed by atoms with Gasteiger partial charge in [0.15, 0.2) is 5.96 Å². The first-order valence-corrected chi connectivity index (χ1v) is 10.5. The highest BCUT2D eigenvalue weighted by atomic mass is 127. The minimum absolute atomic E-state index is 0. The highest BCUT2D eigenvalue weighted by Gasteiger charge is 2.25. The van der Waals surface area contributed by atoms with E-state index < -0.39 is 0 Å². The van der Waals surface area contributed by atoms with Crippen LogP contribution in [-0.2, 0) is 22.4 Å². The molecular weight excluding hydrogens is 509 g/mol. The van der Waals surface area contributed by atoms with E-state index in [2.05, 4.69) is 22.3 Å². The maximum absolute atomic E-state index is 5.73. The number of benzene rings is 1. The first-order chi connectivity index (χ1) is 14.8. The monoisotopic (exact) mass is 543 g/mol. The van der Waals surface area contributed by atoms with Gasteiger partial charge >= 0.3 is 0 Å². The number of hydrogen-bond acceptors (Lipinski definition) is 5. The van der Waals surface area contributed by atoms with E-state index in [1.807, 2.05) is 24.3 Å². The zero-order chi connectivity index (χ0) is 21.0. The Labute approximate surface area is 202 Å². The van der Waals surface area contributed by atoms with E-state index in [-0.39, 0.29) is 24.0 Å². The lowest BCUT2D eigenvalue weighted by atomic mass is 10.1. The predicted molar refractivity (Wildman–Crippen MR) is 132 cm³/mol. The normalized spacial score (nSPS) is 16.3. The molecule has 172 valence electrons. The molecule has 1 saturated heterocycles. The number of aliphatic imine (C=N–C) groups is 1. The van der Waals surface area contributed by atoms with Crippen molar-refractivity contribution in [2.24, 2.45) is 10.9 Å². The number of halogens is 1. The van der Waals surface area contributed by atoms with Crippen LogP contribution in [0.2, 0.25) is 0 Å². The van der Waals surface area contributed by atoms with Crippen LogP contribution in [0.1, 0.15) is 17.7 Å². The molecule has 1 N–H and O–H groups in total. The summed E-state index contributed by atoms with van der Waals surface area (Å²) in [6.07, 6.45) is 3.64. The van der Waals surface area contributed by atoms with Crippen molar-refractivity contribution in [1.29, 1.82) is 0 Å². The zero-order valence-electron chi connectivity index (χ0n) is 18.4. The Bertz CT molecular complexity index is 753. The fourth-order valence-corrected chi connectivity index (χ4v) is 3.47. The molecule has 0 bridgehead atoms. The van der Waals surface area contributed by atoms with E-state index in [4.69, 9.17) is 23.6 Å². The summed E-state index contributed by atoms with van der Waals surface area (Å²) in [4.78, 5) is 7.22. The lowest BCUT2D eigenvalue weighted by Gasteiger charge is -2.22. The molecule has 2 heterocycles. The van der Waals surface area contributed by atoms with Crippen LogP contribution >= 0.6 is 24.0 Å². The lowest BCUT2D eigenvalue weighted by molar-refractivity contribution is 0.0536. The molecule has 1 atom stereocenters. The third-order valence-electron chi connectivity index (χ3n) is 5.18. The fraction of sp³-hybridized carbons (Fsp3) is 0.522. The maximum Gasteiger partial charge on any atom is 0.194 e. The molecule has 3 rings (SSSR count). The fourth-order valence-electron chi connectivity index (χ4n) is 3.47. The third-order valence-corrected chi connectivity index (χ3v) is 5.18. The van der Waals surface area contributed by atoms with Crippen LogP contribution in [-0.4, -0.2) is 64.5 Å². The summed E-state index contributed by atoms with van der Waals surface area (Å²) in [5, 5.41) is 3.52. The highest BCUT2D eigenvalue weighted by molar-refractivity contribution is 14.0. The molecule has 0 aliphatic carbocycles. The van der Waals surface area contributed by atoms with E-state index >= 15 is 0 Å². The van der Waals surface area contributed by atoms with Gasteiger partial charge in [-0.15, -0.1) is 24.0 Å². The molecule has 1 aliphatic heterocycles. The van der Waals surface area contributed by atoms with Gasteiger partial charge in [-0.1, -0.05) is 12.1 Å². The SMILES string of the molecule is COCCOCC1CCN(C(=NCc2ccc(OC)cc2)NCCc2ccco2)C1.I. The topological polar surface area (TPSA) is 68.5 Å². The van der Waals surface area contributed by atoms with Crippen LogP contribution in [0.25, 0.3) is 0 Å². The van der Waals surface area contributed by atoms with Gasteiger partial charge in [-0.2, -0.15) is 0 Å². The number of nitrogens with one attached hydrogen (secondary N) is 1. The van der Waals surface area contributed by atoms with E-state index in [0.717, 1.165) is 62.1 Å². The van der Waals surface area contributed by atoms with Crippen LogP contribution in [0, 0.1) is 5.92 Å². The Morgan fingerprint density at radius 2 is 2.03 bits per heavy atom. The van der Waals surface area contributed by atoms with Crippen molar-refractivity contribution < 1.29 is 18.6 Å². The second-order valence-corrected chi connectivity index (χ2v) is 7.41. The van der Waals surface area contributed by atoms with Crippen molar-refractivity contribution in [2.45, 2.75) is 19.4 Å². The van der Waals surface area contributed by atoms with Crippen molar-refractivity contribution in [3.63, 3.8) is 0 Å². The molecule has 7 nitrogen and oxygen atoms in total. The molecule has 0 radical (unpaired) electrons. The lowest BCUT2D eigenvalue weighted by Crippen LogP contribution is -2.41. The first-order valence-electron chi connectivity index (χ1n) is 10.5. The van der Waals surface area contributed by atoms with Gasteiger partial charge in [0.2, 0.25) is 0 Å². The van der Waals surface area contributed by atoms with Gasteiger partial charge in [-0.3, -0.25) is 0 Å². The van der Waals surface area contributed by atoms with Gasteiger partial charge in [0.25, 0.3) is 0 Å². The van der Waals surface area contributed by atoms with Crippen LogP contribution in [0.3, 0.4) is 0 Å². The zero-order valence-corrected chi connectivity index (χ0v) is 20.7. The summed E-state index contributed by atoms with van der Waals surface area (Å²) in [6, 6.07) is 12.0. The van der Waals surface area contributed by atoms with Crippen LogP contribution in [0.5, 0.6) is 5.75 Å². The number of rotatable bonds is 11. The van der Waals surface area contributed by atoms with Gasteiger partial charge in [-0.05, 0) is 36.2 Å². The molecule has 31 heavy (non-hydrogen) atoms. The van der Waals surface area contributed by atoms with Gasteiger partial charge in [0, 0.05) is 39.1 Å². The molecule has 1 aliphatic rings. The summed E-state index contributed by atoms with van der Waals surface area (Å²) in [5.41, 5.74) is 1.15. The second-order valence-electron chi connectivity index (χ2n) is 7.41. The van der Waals surface area contributed by atoms with Gasteiger partial charge in [-0.25, -0.2) is 4.99 Å². The minimum Gasteiger partial charge on any atom is -0.497 e. The summed E-state index contributed by atoms with van der Waals surface area (Å²) < 4.78 is 21.5. The molecule has 0 amide bonds. The van der Waals surface area contributed by atoms with Gasteiger partial charge in [0.05, 0.1) is 39.7 Å². The van der Waals surface area contributed by atoms with Crippen molar-refractivity contribution in [1.82, 2.24) is 10.2 Å². The molecule has 0 spiro atoms. The molecule has 1 fully saturated rings. The van der Waals surface area contributed by atoms with Crippen molar-refractivity contribution in [3.05, 3.63) is 54.0 Å². The maximum atomic E-state index is 5.73. The van der Waals surface area contributed by atoms with E-state index in [9.17, 15) is 0 Å². The number of methoxy groups -OCH3 is 2. The minimum atomic E-state index is 0. The summed E-state index contributed by atoms with van der Waals surface area (Å²) >= 11 is 0. The average molecular weight is 543 g/mol. The summed E-state index contributed by atoms with van der Waals surface area (Å²) in [5.74, 6) is 3.29. The molecular formula is C23H34IN3O4. The second kappa shape index (κ2) is 14.3. The largest absolute Gasteiger partial charge is 0.497 e. The molecule has 1 unspecified atom stereocenters. The summed E-state index contributed by atoms with van der Waals surface area (Å²) in [7, 11) is 3.37. The van der Waals surface area contributed by atoms with Gasteiger partial charge in [0.1, 0.15) is 11.5 Å². The Morgan fingerprint density at radius 3 is 2.74 bits per heavy atom. The molecule has 1 aromatic carbocycles. The standard InChI is InChI=1S/C23H33N3O4.HI/c1-27-14-15-29-18-20-10-12-26(17-20)23(24-11-9-22-4-3-13-30-22)25-16-19-5-7-21(28-2)8-6-19;/h3-8,13,20H,9-12,14-18H2,1-2H3,(H,24,25);1H. The molecule has 0 saturated carbocycles. The van der Waals surface area contributed by atoms with E-state index in [1.54, 1.807) is 20.5 Å². The summed E-state index contributed by atoms with van der Waals surface area (Å²) in [6.45, 7) is 5.37. The first kappa shape index (κ1) is 25.5. The quantitative estimate of drug-likeness (QED) is 0.202. The Hall–Kier alpha value is -1.78.